The normalized spacial score (nSPS) is 25.4. The number of H-pyrrole nitrogens is 1. The minimum absolute atomic E-state index is 0.181. The van der Waals surface area contributed by atoms with E-state index in [0.29, 0.717) is 6.04 Å². The lowest BCUT2D eigenvalue weighted by molar-refractivity contribution is 0.0196. The Balaban J connectivity index is 1.58. The Kier molecular flexibility index (Phi) is 4.85. The van der Waals surface area contributed by atoms with Crippen LogP contribution in [0.3, 0.4) is 0 Å². The molecule has 1 amide bonds. The van der Waals surface area contributed by atoms with Crippen molar-refractivity contribution < 1.29 is 9.53 Å². The van der Waals surface area contributed by atoms with Crippen molar-refractivity contribution in [1.82, 2.24) is 20.4 Å². The monoisotopic (exact) mass is 334 g/mol. The van der Waals surface area contributed by atoms with E-state index < -0.39 is 5.60 Å². The minimum atomic E-state index is -0.443. The second-order valence-corrected chi connectivity index (χ2v) is 8.15. The molecule has 0 spiro atoms. The first kappa shape index (κ1) is 17.3. The Morgan fingerprint density at radius 2 is 2.25 bits per heavy atom. The average Bonchev–Trinajstić information content (AvgIpc) is 3.14. The topological polar surface area (TPSA) is 70.2 Å². The van der Waals surface area contributed by atoms with Gasteiger partial charge in [-0.05, 0) is 65.4 Å². The Morgan fingerprint density at radius 3 is 3.00 bits per heavy atom. The predicted molar refractivity (Wildman–Crippen MR) is 93.0 cm³/mol. The van der Waals surface area contributed by atoms with E-state index in [2.05, 4.69) is 22.4 Å². The number of aryl methyl sites for hydroxylation is 1. The molecular formula is C18H30N4O2. The maximum atomic E-state index is 12.5. The number of hydrogen-bond acceptors (Lipinski definition) is 4. The number of amides is 1. The summed E-state index contributed by atoms with van der Waals surface area (Å²) in [5.74, 6) is 0. The van der Waals surface area contributed by atoms with Gasteiger partial charge < -0.3 is 15.0 Å². The Morgan fingerprint density at radius 1 is 1.46 bits per heavy atom. The van der Waals surface area contributed by atoms with Gasteiger partial charge >= 0.3 is 6.09 Å². The number of nitrogens with zero attached hydrogens (tertiary/aromatic N) is 2. The number of carbonyl (C=O) groups excluding carboxylic acids is 1. The average molecular weight is 334 g/mol. The maximum absolute atomic E-state index is 12.5. The highest BCUT2D eigenvalue weighted by Crippen LogP contribution is 2.25. The number of hydrogen-bond donors (Lipinski definition) is 2. The lowest BCUT2D eigenvalue weighted by Gasteiger charge is -2.34. The number of aromatic amines is 1. The van der Waals surface area contributed by atoms with E-state index in [-0.39, 0.29) is 18.2 Å². The van der Waals surface area contributed by atoms with Crippen molar-refractivity contribution in [2.75, 3.05) is 6.54 Å². The third-order valence-electron chi connectivity index (χ3n) is 5.02. The standard InChI is InChI=1S/C18H30N4O2/c1-12(20-14-7-8-15-13(10-14)11-19-21-15)16-6-5-9-22(16)17(23)24-18(2,3)4/h11-12,14,16,20H,5-10H2,1-4H3,(H,19,21)/t12-,14+,16-/m0/s1. The molecule has 0 saturated carbocycles. The largest absolute Gasteiger partial charge is 0.444 e. The van der Waals surface area contributed by atoms with E-state index in [9.17, 15) is 4.79 Å². The SMILES string of the molecule is C[C@H](N[C@@H]1CCc2[nH]ncc2C1)[C@@H]1CCCN1C(=O)OC(C)(C)C. The van der Waals surface area contributed by atoms with Gasteiger partial charge in [-0.2, -0.15) is 5.10 Å². The molecule has 0 aromatic carbocycles. The van der Waals surface area contributed by atoms with Gasteiger partial charge in [0.2, 0.25) is 0 Å². The van der Waals surface area contributed by atoms with Gasteiger partial charge in [-0.3, -0.25) is 5.10 Å². The summed E-state index contributed by atoms with van der Waals surface area (Å²) in [6, 6.07) is 0.926. The first-order valence-electron chi connectivity index (χ1n) is 9.10. The molecule has 0 radical (unpaired) electrons. The zero-order chi connectivity index (χ0) is 17.3. The fourth-order valence-corrected chi connectivity index (χ4v) is 3.90. The molecule has 2 N–H and O–H groups in total. The molecule has 2 aliphatic rings. The van der Waals surface area contributed by atoms with E-state index in [1.54, 1.807) is 0 Å². The number of fused-ring (bicyclic) bond motifs is 1. The molecule has 3 atom stereocenters. The minimum Gasteiger partial charge on any atom is -0.444 e. The van der Waals surface area contributed by atoms with E-state index >= 15 is 0 Å². The van der Waals surface area contributed by atoms with Gasteiger partial charge in [-0.15, -0.1) is 0 Å². The van der Waals surface area contributed by atoms with Gasteiger partial charge in [0.05, 0.1) is 12.2 Å². The van der Waals surface area contributed by atoms with E-state index in [0.717, 1.165) is 38.6 Å². The van der Waals surface area contributed by atoms with Gasteiger partial charge in [0.15, 0.2) is 0 Å². The van der Waals surface area contributed by atoms with Crippen molar-refractivity contribution in [3.8, 4) is 0 Å². The number of aromatic nitrogens is 2. The van der Waals surface area contributed by atoms with E-state index in [1.165, 1.54) is 11.3 Å². The maximum Gasteiger partial charge on any atom is 0.410 e. The number of nitrogens with one attached hydrogen (secondary N) is 2. The van der Waals surface area contributed by atoms with Gasteiger partial charge in [0.1, 0.15) is 5.60 Å². The third kappa shape index (κ3) is 3.91. The van der Waals surface area contributed by atoms with Crippen LogP contribution in [0.1, 0.15) is 58.2 Å². The van der Waals surface area contributed by atoms with Crippen molar-refractivity contribution in [1.29, 1.82) is 0 Å². The molecule has 6 nitrogen and oxygen atoms in total. The fraction of sp³-hybridized carbons (Fsp3) is 0.778. The summed E-state index contributed by atoms with van der Waals surface area (Å²) in [5.41, 5.74) is 2.15. The first-order chi connectivity index (χ1) is 11.3. The van der Waals surface area contributed by atoms with Crippen LogP contribution in [0, 0.1) is 0 Å². The second kappa shape index (κ2) is 6.75. The van der Waals surface area contributed by atoms with Crippen molar-refractivity contribution in [3.05, 3.63) is 17.5 Å². The van der Waals surface area contributed by atoms with Crippen LogP contribution in [-0.2, 0) is 17.6 Å². The van der Waals surface area contributed by atoms with Crippen LogP contribution in [-0.4, -0.2) is 51.5 Å². The van der Waals surface area contributed by atoms with Crippen molar-refractivity contribution >= 4 is 6.09 Å². The molecular weight excluding hydrogens is 304 g/mol. The van der Waals surface area contributed by atoms with Gasteiger partial charge in [-0.1, -0.05) is 0 Å². The highest BCUT2D eigenvalue weighted by molar-refractivity contribution is 5.69. The highest BCUT2D eigenvalue weighted by Gasteiger charge is 2.36. The highest BCUT2D eigenvalue weighted by atomic mass is 16.6. The van der Waals surface area contributed by atoms with Crippen molar-refractivity contribution in [2.24, 2.45) is 0 Å². The fourth-order valence-electron chi connectivity index (χ4n) is 3.90. The van der Waals surface area contributed by atoms with E-state index in [4.69, 9.17) is 4.74 Å². The van der Waals surface area contributed by atoms with Crippen LogP contribution in [0.4, 0.5) is 4.79 Å². The molecule has 6 heteroatoms. The van der Waals surface area contributed by atoms with Crippen LogP contribution in [0.25, 0.3) is 0 Å². The zero-order valence-electron chi connectivity index (χ0n) is 15.3. The van der Waals surface area contributed by atoms with Crippen LogP contribution in [0.2, 0.25) is 0 Å². The third-order valence-corrected chi connectivity index (χ3v) is 5.02. The predicted octanol–water partition coefficient (Wildman–Crippen LogP) is 2.64. The molecule has 0 bridgehead atoms. The molecule has 3 rings (SSSR count). The lowest BCUT2D eigenvalue weighted by Crippen LogP contribution is -2.52. The van der Waals surface area contributed by atoms with Crippen LogP contribution >= 0.6 is 0 Å². The number of likely N-dealkylation sites (tertiary alicyclic amines) is 1. The molecule has 24 heavy (non-hydrogen) atoms. The summed E-state index contributed by atoms with van der Waals surface area (Å²) in [6.45, 7) is 8.74. The summed E-state index contributed by atoms with van der Waals surface area (Å²) in [7, 11) is 0. The Labute approximate surface area is 144 Å². The zero-order valence-corrected chi connectivity index (χ0v) is 15.3. The van der Waals surface area contributed by atoms with Crippen LogP contribution in [0.5, 0.6) is 0 Å². The first-order valence-corrected chi connectivity index (χ1v) is 9.10. The molecule has 0 unspecified atom stereocenters. The summed E-state index contributed by atoms with van der Waals surface area (Å²) >= 11 is 0. The lowest BCUT2D eigenvalue weighted by atomic mass is 9.92. The molecule has 1 aliphatic heterocycles. The second-order valence-electron chi connectivity index (χ2n) is 8.15. The smallest absolute Gasteiger partial charge is 0.410 e. The number of carbonyl (C=O) groups is 1. The summed E-state index contributed by atoms with van der Waals surface area (Å²) in [6.07, 6.45) is 7.01. The molecule has 1 aromatic rings. The van der Waals surface area contributed by atoms with Gasteiger partial charge in [0, 0.05) is 24.3 Å². The Bertz CT molecular complexity index is 578. The van der Waals surface area contributed by atoms with Crippen molar-refractivity contribution in [3.63, 3.8) is 0 Å². The van der Waals surface area contributed by atoms with Gasteiger partial charge in [0.25, 0.3) is 0 Å². The molecule has 1 fully saturated rings. The van der Waals surface area contributed by atoms with Crippen LogP contribution in [0.15, 0.2) is 6.20 Å². The van der Waals surface area contributed by atoms with Gasteiger partial charge in [-0.25, -0.2) is 4.79 Å². The molecule has 134 valence electrons. The Hall–Kier alpha value is -1.56. The quantitative estimate of drug-likeness (QED) is 0.891. The van der Waals surface area contributed by atoms with E-state index in [1.807, 2.05) is 31.9 Å². The molecule has 1 saturated heterocycles. The van der Waals surface area contributed by atoms with Crippen molar-refractivity contribution in [2.45, 2.75) is 83.5 Å². The number of rotatable bonds is 3. The summed E-state index contributed by atoms with van der Waals surface area (Å²) < 4.78 is 5.57. The summed E-state index contributed by atoms with van der Waals surface area (Å²) in [5, 5.41) is 11.0. The molecule has 2 heterocycles. The molecule has 1 aliphatic carbocycles. The van der Waals surface area contributed by atoms with Crippen LogP contribution < -0.4 is 5.32 Å². The molecule has 1 aromatic heterocycles. The summed E-state index contributed by atoms with van der Waals surface area (Å²) in [4.78, 5) is 14.4. The number of ether oxygens (including phenoxy) is 1.